The van der Waals surface area contributed by atoms with Crippen LogP contribution in [-0.4, -0.2) is 32.6 Å². The van der Waals surface area contributed by atoms with Crippen molar-refractivity contribution < 1.29 is 19.5 Å². The van der Waals surface area contributed by atoms with Crippen LogP contribution < -0.4 is 10.2 Å². The van der Waals surface area contributed by atoms with Crippen LogP contribution in [0.25, 0.3) is 11.8 Å². The molecule has 7 nitrogen and oxygen atoms in total. The molecule has 1 aliphatic rings. The van der Waals surface area contributed by atoms with Crippen LogP contribution in [0.4, 0.5) is 5.69 Å². The minimum atomic E-state index is -1.13. The maximum absolute atomic E-state index is 13.5. The molecule has 1 fully saturated rings. The zero-order valence-corrected chi connectivity index (χ0v) is 20.8. The van der Waals surface area contributed by atoms with Crippen molar-refractivity contribution in [3.63, 3.8) is 0 Å². The zero-order valence-electron chi connectivity index (χ0n) is 19.3. The van der Waals surface area contributed by atoms with Gasteiger partial charge in [0, 0.05) is 17.1 Å². The third kappa shape index (κ3) is 4.38. The highest BCUT2D eigenvalue weighted by Gasteiger charge is 2.35. The van der Waals surface area contributed by atoms with Gasteiger partial charge in [0.1, 0.15) is 5.57 Å². The number of thiocarbonyl (C=S) groups is 1. The van der Waals surface area contributed by atoms with Crippen LogP contribution in [0.1, 0.15) is 39.8 Å². The number of carboxylic acids is 1. The van der Waals surface area contributed by atoms with Crippen molar-refractivity contribution in [3.8, 4) is 5.69 Å². The smallest absolute Gasteiger partial charge is 0.337 e. The number of nitrogens with zero attached hydrogens (tertiary/aromatic N) is 2. The molecule has 1 aromatic heterocycles. The molecule has 0 aliphatic carbocycles. The highest BCUT2D eigenvalue weighted by molar-refractivity contribution is 7.80. The highest BCUT2D eigenvalue weighted by Crippen LogP contribution is 2.29. The van der Waals surface area contributed by atoms with Gasteiger partial charge in [-0.2, -0.15) is 0 Å². The van der Waals surface area contributed by atoms with Gasteiger partial charge in [0.25, 0.3) is 11.8 Å². The molecule has 0 spiro atoms. The first-order chi connectivity index (χ1) is 16.6. The molecule has 2 amide bonds. The van der Waals surface area contributed by atoms with Crippen LogP contribution >= 0.6 is 23.8 Å². The lowest BCUT2D eigenvalue weighted by molar-refractivity contribution is -0.122. The molecule has 4 rings (SSSR count). The van der Waals surface area contributed by atoms with Crippen molar-refractivity contribution in [2.75, 3.05) is 4.90 Å². The van der Waals surface area contributed by atoms with E-state index in [1.54, 1.807) is 12.1 Å². The molecule has 9 heteroatoms. The number of hydrogen-bond acceptors (Lipinski definition) is 4. The van der Waals surface area contributed by atoms with E-state index < -0.39 is 17.8 Å². The number of halogens is 1. The molecule has 0 radical (unpaired) electrons. The number of hydrogen-bond donors (Lipinski definition) is 2. The average molecular weight is 508 g/mol. The average Bonchev–Trinajstić information content (AvgIpc) is 3.09. The number of aromatic carboxylic acids is 1. The maximum atomic E-state index is 13.5. The van der Waals surface area contributed by atoms with Crippen molar-refractivity contribution in [3.05, 3.63) is 87.2 Å². The third-order valence-corrected chi connectivity index (χ3v) is 6.54. The Morgan fingerprint density at radius 3 is 2.54 bits per heavy atom. The van der Waals surface area contributed by atoms with Gasteiger partial charge in [0.05, 0.1) is 16.3 Å². The SMILES string of the molecule is CCc1ccccc1N1C(=O)/C(=C/c2cc(C)n(-c3ccc(Cl)c(C(=O)O)c3)c2C)C(=O)NC1=S. The van der Waals surface area contributed by atoms with Crippen molar-refractivity contribution >= 4 is 58.5 Å². The first-order valence-electron chi connectivity index (χ1n) is 10.9. The molecular weight excluding hydrogens is 486 g/mol. The number of para-hydroxylation sites is 1. The number of benzene rings is 2. The number of anilines is 1. The minimum Gasteiger partial charge on any atom is -0.478 e. The molecule has 1 saturated heterocycles. The number of carbonyl (C=O) groups excluding carboxylic acids is 2. The minimum absolute atomic E-state index is 0.0165. The van der Waals surface area contributed by atoms with Gasteiger partial charge in [-0.1, -0.05) is 36.7 Å². The number of rotatable bonds is 5. The van der Waals surface area contributed by atoms with E-state index in [2.05, 4.69) is 5.32 Å². The summed E-state index contributed by atoms with van der Waals surface area (Å²) in [6.07, 6.45) is 2.23. The fourth-order valence-corrected chi connectivity index (χ4v) is 4.68. The van der Waals surface area contributed by atoms with E-state index in [-0.39, 0.29) is 21.3 Å². The predicted octanol–water partition coefficient (Wildman–Crippen LogP) is 4.84. The quantitative estimate of drug-likeness (QED) is 0.293. The normalized spacial score (nSPS) is 15.0. The molecule has 0 bridgehead atoms. The molecule has 2 aromatic carbocycles. The van der Waals surface area contributed by atoms with Gasteiger partial charge in [0.15, 0.2) is 5.11 Å². The number of aryl methyl sites for hydroxylation is 2. The molecule has 1 aliphatic heterocycles. The number of carbonyl (C=O) groups is 3. The lowest BCUT2D eigenvalue weighted by atomic mass is 10.0. The fraction of sp³-hybridized carbons (Fsp3) is 0.154. The third-order valence-electron chi connectivity index (χ3n) is 5.92. The number of aromatic nitrogens is 1. The van der Waals surface area contributed by atoms with E-state index in [1.807, 2.05) is 49.6 Å². The summed E-state index contributed by atoms with van der Waals surface area (Å²) in [5, 5.41) is 12.2. The van der Waals surface area contributed by atoms with Crippen LogP contribution in [-0.2, 0) is 16.0 Å². The van der Waals surface area contributed by atoms with Crippen LogP contribution in [0.5, 0.6) is 0 Å². The first-order valence-corrected chi connectivity index (χ1v) is 11.6. The predicted molar refractivity (Wildman–Crippen MR) is 139 cm³/mol. The summed E-state index contributed by atoms with van der Waals surface area (Å²) in [4.78, 5) is 39.1. The highest BCUT2D eigenvalue weighted by atomic mass is 35.5. The van der Waals surface area contributed by atoms with Crippen molar-refractivity contribution in [1.29, 1.82) is 0 Å². The van der Waals surface area contributed by atoms with Gasteiger partial charge in [0.2, 0.25) is 0 Å². The van der Waals surface area contributed by atoms with Crippen molar-refractivity contribution in [2.45, 2.75) is 27.2 Å². The molecule has 0 unspecified atom stereocenters. The van der Waals surface area contributed by atoms with E-state index in [0.717, 1.165) is 17.0 Å². The Morgan fingerprint density at radius 1 is 1.14 bits per heavy atom. The maximum Gasteiger partial charge on any atom is 0.337 e. The molecular formula is C26H22ClN3O4S. The Labute approximate surface area is 212 Å². The first kappa shape index (κ1) is 24.4. The van der Waals surface area contributed by atoms with Gasteiger partial charge in [-0.05, 0) is 80.0 Å². The van der Waals surface area contributed by atoms with Crippen LogP contribution in [0, 0.1) is 13.8 Å². The molecule has 0 saturated carbocycles. The second-order valence-electron chi connectivity index (χ2n) is 8.07. The summed E-state index contributed by atoms with van der Waals surface area (Å²) in [6.45, 7) is 5.66. The van der Waals surface area contributed by atoms with E-state index in [1.165, 1.54) is 23.1 Å². The van der Waals surface area contributed by atoms with Crippen molar-refractivity contribution in [2.24, 2.45) is 0 Å². The Morgan fingerprint density at radius 2 is 1.86 bits per heavy atom. The van der Waals surface area contributed by atoms with Gasteiger partial charge >= 0.3 is 5.97 Å². The van der Waals surface area contributed by atoms with Crippen molar-refractivity contribution in [1.82, 2.24) is 9.88 Å². The summed E-state index contributed by atoms with van der Waals surface area (Å²) in [5.41, 5.74) is 4.25. The Kier molecular flexibility index (Phi) is 6.60. The number of amides is 2. The van der Waals surface area contributed by atoms with Gasteiger partial charge in [-0.3, -0.25) is 19.8 Å². The lowest BCUT2D eigenvalue weighted by Gasteiger charge is -2.30. The Balaban J connectivity index is 1.79. The number of nitrogens with one attached hydrogen (secondary N) is 1. The Hall–Kier alpha value is -3.75. The monoisotopic (exact) mass is 507 g/mol. The van der Waals surface area contributed by atoms with E-state index in [4.69, 9.17) is 23.8 Å². The summed E-state index contributed by atoms with van der Waals surface area (Å²) in [5.74, 6) is -2.21. The topological polar surface area (TPSA) is 91.6 Å². The second kappa shape index (κ2) is 9.48. The molecule has 178 valence electrons. The molecule has 0 atom stereocenters. The van der Waals surface area contributed by atoms with Crippen LogP contribution in [0.3, 0.4) is 0 Å². The molecule has 3 aromatic rings. The fourth-order valence-electron chi connectivity index (χ4n) is 4.21. The molecule has 2 N–H and O–H groups in total. The molecule has 2 heterocycles. The summed E-state index contributed by atoms with van der Waals surface area (Å²) in [6, 6.07) is 14.0. The number of carboxylic acid groups (broad SMARTS) is 1. The van der Waals surface area contributed by atoms with E-state index >= 15 is 0 Å². The second-order valence-corrected chi connectivity index (χ2v) is 8.87. The van der Waals surface area contributed by atoms with Crippen LogP contribution in [0.15, 0.2) is 54.1 Å². The van der Waals surface area contributed by atoms with Gasteiger partial charge < -0.3 is 9.67 Å². The van der Waals surface area contributed by atoms with Gasteiger partial charge in [-0.25, -0.2) is 4.79 Å². The van der Waals surface area contributed by atoms with Gasteiger partial charge in [-0.15, -0.1) is 0 Å². The largest absolute Gasteiger partial charge is 0.478 e. The van der Waals surface area contributed by atoms with E-state index in [9.17, 15) is 19.5 Å². The zero-order chi connectivity index (χ0) is 25.4. The Bertz CT molecular complexity index is 1440. The standard InChI is InChI=1S/C26H22ClN3O4S/c1-4-16-7-5-6-8-22(16)30-24(32)20(23(31)28-26(30)35)12-17-11-14(2)29(15(17)3)18-9-10-21(27)19(13-18)25(33)34/h5-13H,4H2,1-3H3,(H,33,34)(H,28,31,35)/b20-12+. The lowest BCUT2D eigenvalue weighted by Crippen LogP contribution is -2.54. The molecule has 35 heavy (non-hydrogen) atoms. The van der Waals surface area contributed by atoms with E-state index in [0.29, 0.717) is 23.4 Å². The summed E-state index contributed by atoms with van der Waals surface area (Å²) in [7, 11) is 0. The van der Waals surface area contributed by atoms with Crippen LogP contribution in [0.2, 0.25) is 5.02 Å². The summed E-state index contributed by atoms with van der Waals surface area (Å²) >= 11 is 11.4. The summed E-state index contributed by atoms with van der Waals surface area (Å²) < 4.78 is 1.84.